The van der Waals surface area contributed by atoms with E-state index in [4.69, 9.17) is 23.9 Å². The van der Waals surface area contributed by atoms with Crippen molar-refractivity contribution in [2.24, 2.45) is 0 Å². The van der Waals surface area contributed by atoms with Gasteiger partial charge in [0.05, 0.1) is 12.7 Å². The molecule has 2 aromatic rings. The predicted molar refractivity (Wildman–Crippen MR) is 179 cm³/mol. The molecule has 45 heavy (non-hydrogen) atoms. The average molecular weight is 631 g/mol. The van der Waals surface area contributed by atoms with E-state index in [2.05, 4.69) is 49.6 Å². The number of nitrogens with zero attached hydrogens (tertiary/aromatic N) is 4. The molecule has 0 saturated carbocycles. The molecule has 9 nitrogen and oxygen atoms in total. The summed E-state index contributed by atoms with van der Waals surface area (Å²) in [6.45, 7) is 15.4. The van der Waals surface area contributed by atoms with Gasteiger partial charge in [-0.1, -0.05) is 19.4 Å². The maximum Gasteiger partial charge on any atom is 0.338 e. The van der Waals surface area contributed by atoms with E-state index in [0.29, 0.717) is 47.8 Å². The molecule has 1 aromatic heterocycles. The summed E-state index contributed by atoms with van der Waals surface area (Å²) in [5.74, 6) is 1.02. The first-order chi connectivity index (χ1) is 21.6. The van der Waals surface area contributed by atoms with E-state index in [9.17, 15) is 9.59 Å². The molecule has 2 aliphatic rings. The Morgan fingerprint density at radius 1 is 1.11 bits per heavy atom. The maximum atomic E-state index is 12.2. The first-order valence-corrected chi connectivity index (χ1v) is 17.0. The molecule has 4 rings (SSSR count). The first kappa shape index (κ1) is 34.1. The third-order valence-electron chi connectivity index (χ3n) is 7.43. The van der Waals surface area contributed by atoms with Crippen molar-refractivity contribution in [1.29, 1.82) is 5.26 Å². The summed E-state index contributed by atoms with van der Waals surface area (Å²) in [6, 6.07) is 13.0. The molecule has 0 bridgehead atoms. The molecule has 0 N–H and O–H groups in total. The Balaban J connectivity index is 1.45. The lowest BCUT2D eigenvalue weighted by Gasteiger charge is -2.37. The minimum absolute atomic E-state index is 0.160. The number of rotatable bonds is 16. The van der Waals surface area contributed by atoms with Crippen LogP contribution in [0.4, 0.5) is 0 Å². The molecule has 10 heteroatoms. The second-order valence-electron chi connectivity index (χ2n) is 11.7. The van der Waals surface area contributed by atoms with Crippen LogP contribution in [0.25, 0.3) is 33.7 Å². The van der Waals surface area contributed by atoms with Gasteiger partial charge in [-0.2, -0.15) is 5.26 Å². The lowest BCUT2D eigenvalue weighted by molar-refractivity contribution is -0.130. The Kier molecular flexibility index (Phi) is 12.1. The van der Waals surface area contributed by atoms with Gasteiger partial charge in [0.25, 0.3) is 0 Å². The van der Waals surface area contributed by atoms with Crippen LogP contribution in [0, 0.1) is 11.3 Å². The van der Waals surface area contributed by atoms with E-state index in [1.807, 2.05) is 12.3 Å². The Morgan fingerprint density at radius 2 is 1.87 bits per heavy atom. The topological polar surface area (TPSA) is 111 Å². The maximum absolute atomic E-state index is 12.2. The number of hydrogen-bond donors (Lipinski definition) is 0. The second kappa shape index (κ2) is 15.9. The molecular weight excluding hydrogens is 587 g/mol. The van der Waals surface area contributed by atoms with Gasteiger partial charge in [-0.25, -0.2) is 9.78 Å². The highest BCUT2D eigenvalue weighted by molar-refractivity contribution is 7.50. The highest BCUT2D eigenvalue weighted by Crippen LogP contribution is 2.45. The fourth-order valence-corrected chi connectivity index (χ4v) is 7.63. The molecule has 1 aliphatic carbocycles. The van der Waals surface area contributed by atoms with Crippen LogP contribution in [0.1, 0.15) is 66.7 Å². The van der Waals surface area contributed by atoms with Crippen molar-refractivity contribution in [1.82, 2.24) is 14.2 Å². The number of benzene rings is 2. The van der Waals surface area contributed by atoms with Gasteiger partial charge in [-0.3, -0.25) is 9.46 Å². The lowest BCUT2D eigenvalue weighted by atomic mass is 9.98. The van der Waals surface area contributed by atoms with Crippen LogP contribution in [-0.4, -0.2) is 45.0 Å². The van der Waals surface area contributed by atoms with Crippen LogP contribution in [0.2, 0.25) is 0 Å². The summed E-state index contributed by atoms with van der Waals surface area (Å²) in [6.07, 6.45) is 9.07. The minimum Gasteiger partial charge on any atom is -0.456 e. The van der Waals surface area contributed by atoms with Gasteiger partial charge < -0.3 is 18.2 Å². The van der Waals surface area contributed by atoms with Gasteiger partial charge >= 0.3 is 5.97 Å². The van der Waals surface area contributed by atoms with Crippen molar-refractivity contribution in [3.8, 4) is 34.5 Å². The zero-order valence-electron chi connectivity index (χ0n) is 26.9. The van der Waals surface area contributed by atoms with Crippen LogP contribution in [0.3, 0.4) is 0 Å². The molecule has 0 saturated heterocycles. The van der Waals surface area contributed by atoms with Gasteiger partial charge in [0, 0.05) is 77.8 Å². The molecule has 1 atom stereocenters. The summed E-state index contributed by atoms with van der Waals surface area (Å²) >= 11 is 0. The number of fused-ring (bicyclic) bond motifs is 2. The number of nitriles is 1. The Labute approximate surface area is 266 Å². The normalized spacial score (nSPS) is 12.3. The van der Waals surface area contributed by atoms with Crippen LogP contribution >= 0.6 is 8.30 Å². The Bertz CT molecular complexity index is 1680. The molecule has 0 fully saturated rings. The van der Waals surface area contributed by atoms with Crippen molar-refractivity contribution >= 4 is 25.2 Å². The van der Waals surface area contributed by atoms with E-state index in [1.54, 1.807) is 31.3 Å². The molecule has 238 valence electrons. The zero-order valence-corrected chi connectivity index (χ0v) is 27.8. The van der Waals surface area contributed by atoms with Gasteiger partial charge in [0.2, 0.25) is 0 Å². The predicted octanol–water partition coefficient (Wildman–Crippen LogP) is 8.16. The summed E-state index contributed by atoms with van der Waals surface area (Å²) < 4.78 is 22.4. The highest BCUT2D eigenvalue weighted by atomic mass is 31.2. The van der Waals surface area contributed by atoms with Crippen molar-refractivity contribution < 1.29 is 18.5 Å². The van der Waals surface area contributed by atoms with E-state index >= 15 is 0 Å². The van der Waals surface area contributed by atoms with E-state index in [-0.39, 0.29) is 5.43 Å². The minimum atomic E-state index is -0.792. The summed E-state index contributed by atoms with van der Waals surface area (Å²) in [5, 5.41) is 9.93. The molecule has 0 radical (unpaired) electrons. The fraction of sp³-hybridized carbons (Fsp3) is 0.429. The monoisotopic (exact) mass is 630 g/mol. The van der Waals surface area contributed by atoms with Crippen LogP contribution in [0.15, 0.2) is 70.2 Å². The number of ether oxygens (including phenoxy) is 1. The van der Waals surface area contributed by atoms with Gasteiger partial charge in [-0.05, 0) is 71.7 Å². The lowest BCUT2D eigenvalue weighted by Crippen LogP contribution is -2.33. The van der Waals surface area contributed by atoms with Crippen molar-refractivity contribution in [2.75, 3.05) is 12.8 Å². The number of esters is 1. The van der Waals surface area contributed by atoms with Crippen LogP contribution in [0.5, 0.6) is 5.75 Å². The Hall–Kier alpha value is -3.83. The standard InChI is InChI=1S/C35H43N4O5P/c1-24(2)35(41)43-28-13-15-30-32(23-28)44-31-22-27(40)12-14-29(31)33(30)34-37-17-19-38(34)18-9-7-8-10-20-42-45(21-11-16-36)39(25(3)4)26(5)6/h12-15,17,19,22-23,25-26H,1,7-11,18,20-21H2,2-6H3. The molecule has 0 spiro atoms. The largest absolute Gasteiger partial charge is 0.456 e. The molecular formula is C35H43N4O5P. The fourth-order valence-electron chi connectivity index (χ4n) is 5.48. The van der Waals surface area contributed by atoms with Gasteiger partial charge in [0.1, 0.15) is 31.2 Å². The Morgan fingerprint density at radius 3 is 2.58 bits per heavy atom. The molecule has 2 heterocycles. The summed E-state index contributed by atoms with van der Waals surface area (Å²) in [4.78, 5) is 29.0. The molecule has 1 unspecified atom stereocenters. The smallest absolute Gasteiger partial charge is 0.338 e. The quantitative estimate of drug-likeness (QED) is 0.0305. The van der Waals surface area contributed by atoms with E-state index < -0.39 is 14.3 Å². The molecule has 1 aliphatic heterocycles. The second-order valence-corrected chi connectivity index (χ2v) is 13.6. The zero-order chi connectivity index (χ0) is 32.5. The van der Waals surface area contributed by atoms with Crippen LogP contribution in [-0.2, 0) is 15.9 Å². The van der Waals surface area contributed by atoms with Gasteiger partial charge in [0.15, 0.2) is 5.43 Å². The number of imidazole rings is 1. The molecule has 0 amide bonds. The summed E-state index contributed by atoms with van der Waals surface area (Å²) in [7, 11) is -0.792. The van der Waals surface area contributed by atoms with Crippen molar-refractivity contribution in [3.05, 3.63) is 71.2 Å². The number of carbonyl (C=O) groups excluding carboxylic acids is 1. The number of carbonyl (C=O) groups is 1. The van der Waals surface area contributed by atoms with Crippen LogP contribution < -0.4 is 10.2 Å². The average Bonchev–Trinajstić information content (AvgIpc) is 3.45. The van der Waals surface area contributed by atoms with Crippen molar-refractivity contribution in [3.63, 3.8) is 0 Å². The summed E-state index contributed by atoms with van der Waals surface area (Å²) in [5.41, 5.74) is 2.25. The number of aryl methyl sites for hydroxylation is 1. The van der Waals surface area contributed by atoms with Crippen molar-refractivity contribution in [2.45, 2.75) is 85.4 Å². The highest BCUT2D eigenvalue weighted by Gasteiger charge is 2.25. The van der Waals surface area contributed by atoms with E-state index in [0.717, 1.165) is 60.7 Å². The number of unbranched alkanes of at least 4 members (excludes halogenated alkanes) is 3. The number of hydrogen-bond acceptors (Lipinski definition) is 8. The SMILES string of the molecule is C=C(C)C(=O)Oc1ccc2c(-c3nccn3CCCCCCOP(CCC#N)N(C(C)C)C(C)C)c3ccc(=O)cc-3oc2c1. The third-order valence-corrected chi connectivity index (χ3v) is 9.95. The molecule has 1 aromatic carbocycles. The first-order valence-electron chi connectivity index (χ1n) is 15.6. The van der Waals surface area contributed by atoms with Gasteiger partial charge in [-0.15, -0.1) is 0 Å². The third kappa shape index (κ3) is 8.67. The number of aromatic nitrogens is 2. The van der Waals surface area contributed by atoms with E-state index in [1.165, 1.54) is 12.1 Å².